The molecule has 35 heavy (non-hydrogen) atoms. The number of aromatic nitrogens is 2. The molecule has 186 valence electrons. The summed E-state index contributed by atoms with van der Waals surface area (Å²) in [5.41, 5.74) is -0.743. The Bertz CT molecular complexity index is 1220. The van der Waals surface area contributed by atoms with E-state index in [1.54, 1.807) is 6.07 Å². The van der Waals surface area contributed by atoms with Crippen molar-refractivity contribution in [3.05, 3.63) is 74.4 Å². The van der Waals surface area contributed by atoms with Crippen molar-refractivity contribution in [1.82, 2.24) is 15.1 Å². The first-order chi connectivity index (χ1) is 16.6. The second kappa shape index (κ2) is 9.98. The molecule has 1 saturated carbocycles. The number of alkyl halides is 3. The number of nitrogens with one attached hydrogen (secondary N) is 1. The van der Waals surface area contributed by atoms with E-state index in [0.717, 1.165) is 12.8 Å². The number of ether oxygens (including phenoxy) is 1. The summed E-state index contributed by atoms with van der Waals surface area (Å²) in [4.78, 5) is 22.5. The molecule has 0 aliphatic heterocycles. The fraction of sp³-hybridized carbons (Fsp3) is 0.364. The molecule has 0 saturated heterocycles. The van der Waals surface area contributed by atoms with E-state index in [1.165, 1.54) is 35.0 Å². The Balaban J connectivity index is 1.26. The monoisotopic (exact) mass is 512 g/mol. The topological polar surface area (TPSA) is 112 Å². The van der Waals surface area contributed by atoms with Gasteiger partial charge in [0, 0.05) is 31.1 Å². The molecular weight excluding hydrogens is 493 g/mol. The van der Waals surface area contributed by atoms with Crippen LogP contribution in [0, 0.1) is 10.1 Å². The molecule has 9 nitrogen and oxygen atoms in total. The van der Waals surface area contributed by atoms with E-state index < -0.39 is 22.7 Å². The van der Waals surface area contributed by atoms with E-state index in [1.807, 2.05) is 0 Å². The van der Waals surface area contributed by atoms with Crippen molar-refractivity contribution in [3.63, 3.8) is 0 Å². The van der Waals surface area contributed by atoms with Crippen LogP contribution in [0.4, 0.5) is 18.9 Å². The molecule has 0 spiro atoms. The van der Waals surface area contributed by atoms with E-state index in [4.69, 9.17) is 20.8 Å². The van der Waals surface area contributed by atoms with Crippen LogP contribution in [0.25, 0.3) is 0 Å². The van der Waals surface area contributed by atoms with Gasteiger partial charge in [0.1, 0.15) is 18.1 Å². The largest absolute Gasteiger partial charge is 0.486 e. The van der Waals surface area contributed by atoms with E-state index in [0.29, 0.717) is 23.6 Å². The van der Waals surface area contributed by atoms with Gasteiger partial charge in [-0.3, -0.25) is 19.6 Å². The lowest BCUT2D eigenvalue weighted by atomic mass is 10.2. The van der Waals surface area contributed by atoms with Crippen molar-refractivity contribution >= 4 is 23.2 Å². The smallest absolute Gasteiger partial charge is 0.436 e. The molecule has 0 unspecified atom stereocenters. The van der Waals surface area contributed by atoms with Gasteiger partial charge in [0.15, 0.2) is 11.5 Å². The van der Waals surface area contributed by atoms with Gasteiger partial charge >= 0.3 is 6.18 Å². The molecule has 0 atom stereocenters. The van der Waals surface area contributed by atoms with E-state index >= 15 is 0 Å². The van der Waals surface area contributed by atoms with E-state index in [9.17, 15) is 28.1 Å². The molecule has 13 heteroatoms. The van der Waals surface area contributed by atoms with Crippen LogP contribution in [0.2, 0.25) is 5.02 Å². The minimum Gasteiger partial charge on any atom is -0.486 e. The average Bonchev–Trinajstić information content (AvgIpc) is 3.42. The first kappa shape index (κ1) is 24.6. The fourth-order valence-electron chi connectivity index (χ4n) is 3.47. The maximum absolute atomic E-state index is 13.1. The number of non-ortho nitro benzene ring substituents is 1. The minimum absolute atomic E-state index is 0.0105. The standard InChI is InChI=1S/C22H20ClF3N4O5/c23-18-19(13-2-3-13)29(28-20(18)22(24,25)26)11-1-10-27-21(31)17-9-8-16(35-17)12-34-15-6-4-14(5-7-15)30(32)33/h4-9,13H,1-3,10-12H2,(H,27,31). The predicted octanol–water partition coefficient (Wildman–Crippen LogP) is 5.33. The van der Waals surface area contributed by atoms with Gasteiger partial charge in [0.2, 0.25) is 0 Å². The number of furan rings is 1. The maximum Gasteiger partial charge on any atom is 0.436 e. The minimum atomic E-state index is -4.63. The number of carbonyl (C=O) groups is 1. The lowest BCUT2D eigenvalue weighted by molar-refractivity contribution is -0.384. The van der Waals surface area contributed by atoms with Crippen molar-refractivity contribution < 1.29 is 32.0 Å². The van der Waals surface area contributed by atoms with Gasteiger partial charge in [-0.2, -0.15) is 18.3 Å². The highest BCUT2D eigenvalue weighted by Crippen LogP contribution is 2.46. The zero-order valence-electron chi connectivity index (χ0n) is 18.2. The summed E-state index contributed by atoms with van der Waals surface area (Å²) in [6.45, 7) is 0.377. The third-order valence-corrected chi connectivity index (χ3v) is 5.68. The van der Waals surface area contributed by atoms with Crippen molar-refractivity contribution in [2.24, 2.45) is 0 Å². The lowest BCUT2D eigenvalue weighted by Crippen LogP contribution is -2.25. The zero-order valence-corrected chi connectivity index (χ0v) is 18.9. The van der Waals surface area contributed by atoms with Crippen LogP contribution in [0.5, 0.6) is 5.75 Å². The molecule has 1 fully saturated rings. The highest BCUT2D eigenvalue weighted by Gasteiger charge is 2.41. The first-order valence-electron chi connectivity index (χ1n) is 10.7. The molecule has 1 amide bonds. The van der Waals surface area contributed by atoms with Gasteiger partial charge in [0.05, 0.1) is 15.6 Å². The summed E-state index contributed by atoms with van der Waals surface area (Å²) in [6.07, 6.45) is -2.74. The Labute approximate surface area is 202 Å². The quantitative estimate of drug-likeness (QED) is 0.223. The van der Waals surface area contributed by atoms with Gasteiger partial charge in [-0.1, -0.05) is 11.6 Å². The Morgan fingerprint density at radius 3 is 2.60 bits per heavy atom. The molecular formula is C22H20ClF3N4O5. The summed E-state index contributed by atoms with van der Waals surface area (Å²) >= 11 is 5.96. The molecule has 0 bridgehead atoms. The molecule has 1 aliphatic rings. The number of nitrogens with zero attached hydrogens (tertiary/aromatic N) is 3. The van der Waals surface area contributed by atoms with Crippen molar-refractivity contribution in [1.29, 1.82) is 0 Å². The fourth-order valence-corrected chi connectivity index (χ4v) is 3.86. The van der Waals surface area contributed by atoms with Crippen LogP contribution < -0.4 is 10.1 Å². The second-order valence-electron chi connectivity index (χ2n) is 7.96. The predicted molar refractivity (Wildman–Crippen MR) is 117 cm³/mol. The zero-order chi connectivity index (χ0) is 25.2. The third kappa shape index (κ3) is 5.94. The number of nitro benzene ring substituents is 1. The van der Waals surface area contributed by atoms with Crippen LogP contribution >= 0.6 is 11.6 Å². The number of hydrogen-bond donors (Lipinski definition) is 1. The number of halogens is 4. The maximum atomic E-state index is 13.1. The summed E-state index contributed by atoms with van der Waals surface area (Å²) < 4.78 is 51.7. The van der Waals surface area contributed by atoms with Gasteiger partial charge in [-0.05, 0) is 43.5 Å². The van der Waals surface area contributed by atoms with E-state index in [-0.39, 0.29) is 42.1 Å². The van der Waals surface area contributed by atoms with Gasteiger partial charge in [0.25, 0.3) is 11.6 Å². The second-order valence-corrected chi connectivity index (χ2v) is 8.34. The van der Waals surface area contributed by atoms with Gasteiger partial charge in [-0.25, -0.2) is 0 Å². The molecule has 1 aliphatic carbocycles. The Hall–Kier alpha value is -3.54. The summed E-state index contributed by atoms with van der Waals surface area (Å²) in [7, 11) is 0. The average molecular weight is 513 g/mol. The number of nitro groups is 1. The number of amides is 1. The summed E-state index contributed by atoms with van der Waals surface area (Å²) in [5, 5.41) is 16.7. The molecule has 0 radical (unpaired) electrons. The van der Waals surface area contributed by atoms with E-state index in [2.05, 4.69) is 10.4 Å². The number of rotatable bonds is 10. The molecule has 3 aromatic rings. The first-order valence-corrected chi connectivity index (χ1v) is 11.1. The highest BCUT2D eigenvalue weighted by molar-refractivity contribution is 6.32. The Morgan fingerprint density at radius 1 is 1.26 bits per heavy atom. The number of aryl methyl sites for hydroxylation is 1. The summed E-state index contributed by atoms with van der Waals surface area (Å²) in [5.74, 6) is 0.316. The van der Waals surface area contributed by atoms with Gasteiger partial charge in [-0.15, -0.1) is 0 Å². The molecule has 2 heterocycles. The molecule has 4 rings (SSSR count). The number of hydrogen-bond acceptors (Lipinski definition) is 6. The lowest BCUT2D eigenvalue weighted by Gasteiger charge is -2.08. The SMILES string of the molecule is O=C(NCCCn1nc(C(F)(F)F)c(Cl)c1C1CC1)c1ccc(COc2ccc([N+](=O)[O-])cc2)o1. The van der Waals surface area contributed by atoms with Crippen LogP contribution in [-0.4, -0.2) is 27.2 Å². The number of benzene rings is 1. The number of carbonyl (C=O) groups excluding carboxylic acids is 1. The third-order valence-electron chi connectivity index (χ3n) is 5.31. The van der Waals surface area contributed by atoms with Crippen molar-refractivity contribution in [2.45, 2.75) is 44.5 Å². The van der Waals surface area contributed by atoms with Gasteiger partial charge < -0.3 is 14.5 Å². The summed E-state index contributed by atoms with van der Waals surface area (Å²) in [6, 6.07) is 8.56. The highest BCUT2D eigenvalue weighted by atomic mass is 35.5. The van der Waals surface area contributed by atoms with Crippen molar-refractivity contribution in [3.8, 4) is 5.75 Å². The van der Waals surface area contributed by atoms with Crippen molar-refractivity contribution in [2.75, 3.05) is 6.54 Å². The van der Waals surface area contributed by atoms with Crippen LogP contribution in [0.3, 0.4) is 0 Å². The Morgan fingerprint density at radius 2 is 1.97 bits per heavy atom. The normalized spacial score (nSPS) is 13.6. The Kier molecular flexibility index (Phi) is 7.01. The van der Waals surface area contributed by atoms with Crippen LogP contribution in [0.1, 0.15) is 52.9 Å². The van der Waals surface area contributed by atoms with Crippen LogP contribution in [-0.2, 0) is 19.3 Å². The molecule has 1 aromatic carbocycles. The van der Waals surface area contributed by atoms with Crippen LogP contribution in [0.15, 0.2) is 40.8 Å². The molecule has 1 N–H and O–H groups in total. The molecule has 2 aromatic heterocycles.